The van der Waals surface area contributed by atoms with Crippen molar-refractivity contribution in [1.82, 2.24) is 9.88 Å². The maximum atomic E-state index is 12.2. The predicted molar refractivity (Wildman–Crippen MR) is 115 cm³/mol. The molecule has 0 atom stereocenters. The van der Waals surface area contributed by atoms with Crippen LogP contribution in [0.3, 0.4) is 0 Å². The number of rotatable bonds is 4. The van der Waals surface area contributed by atoms with Crippen molar-refractivity contribution in [3.63, 3.8) is 0 Å². The van der Waals surface area contributed by atoms with E-state index in [1.165, 1.54) is 12.8 Å². The molecule has 1 aromatic heterocycles. The second-order valence-electron chi connectivity index (χ2n) is 6.92. The van der Waals surface area contributed by atoms with Crippen molar-refractivity contribution in [1.29, 1.82) is 0 Å². The van der Waals surface area contributed by atoms with Crippen molar-refractivity contribution in [3.8, 4) is 11.8 Å². The molecule has 1 N–H and O–H groups in total. The van der Waals surface area contributed by atoms with Crippen LogP contribution < -0.4 is 5.32 Å². The average molecular weight is 428 g/mol. The van der Waals surface area contributed by atoms with Gasteiger partial charge in [-0.3, -0.25) is 4.79 Å². The zero-order valence-corrected chi connectivity index (χ0v) is 17.2. The van der Waals surface area contributed by atoms with E-state index < -0.39 is 5.91 Å². The summed E-state index contributed by atoms with van der Waals surface area (Å²) in [5, 5.41) is 3.67. The van der Waals surface area contributed by atoms with Gasteiger partial charge in [-0.15, -0.1) is 0 Å². The van der Waals surface area contributed by atoms with E-state index in [1.54, 1.807) is 36.4 Å². The third-order valence-electron chi connectivity index (χ3n) is 4.77. The fraction of sp³-hybridized carbons (Fsp3) is 0.273. The minimum atomic E-state index is -0.437. The number of carbonyl (C=O) groups is 1. The third-order valence-corrected chi connectivity index (χ3v) is 5.32. The van der Waals surface area contributed by atoms with Crippen molar-refractivity contribution >= 4 is 45.9 Å². The molecule has 2 heterocycles. The molecule has 1 amide bonds. The molecule has 2 aromatic carbocycles. The van der Waals surface area contributed by atoms with Crippen molar-refractivity contribution in [2.24, 2.45) is 0 Å². The number of nitrogens with zero attached hydrogens (tertiary/aromatic N) is 2. The molecule has 148 valence electrons. The fourth-order valence-electron chi connectivity index (χ4n) is 3.30. The molecule has 5 nitrogen and oxygen atoms in total. The lowest BCUT2D eigenvalue weighted by Crippen LogP contribution is -2.21. The largest absolute Gasteiger partial charge is 0.441 e. The number of carbonyl (C=O) groups excluding carboxylic acids is 1. The summed E-state index contributed by atoms with van der Waals surface area (Å²) in [4.78, 5) is 19.1. The van der Waals surface area contributed by atoms with Crippen LogP contribution in [0.5, 0.6) is 0 Å². The van der Waals surface area contributed by atoms with E-state index in [0.29, 0.717) is 38.3 Å². The van der Waals surface area contributed by atoms with Crippen molar-refractivity contribution in [2.75, 3.05) is 25.0 Å². The number of anilines is 1. The molecule has 1 aliphatic rings. The minimum Gasteiger partial charge on any atom is -0.441 e. The lowest BCUT2D eigenvalue weighted by Gasteiger charge is -2.12. The Hall–Kier alpha value is -2.52. The molecule has 0 bridgehead atoms. The van der Waals surface area contributed by atoms with Crippen LogP contribution in [0.25, 0.3) is 11.1 Å². The van der Waals surface area contributed by atoms with Crippen LogP contribution in [0, 0.1) is 11.8 Å². The van der Waals surface area contributed by atoms with E-state index in [9.17, 15) is 4.79 Å². The molecule has 0 spiro atoms. The zero-order valence-electron chi connectivity index (χ0n) is 15.7. The van der Waals surface area contributed by atoms with Gasteiger partial charge in [-0.05, 0) is 62.3 Å². The lowest BCUT2D eigenvalue weighted by molar-refractivity contribution is -0.111. The molecule has 4 rings (SSSR count). The van der Waals surface area contributed by atoms with Crippen LogP contribution in [0.2, 0.25) is 10.0 Å². The molecule has 1 saturated heterocycles. The molecule has 1 fully saturated rings. The van der Waals surface area contributed by atoms with Gasteiger partial charge in [0.2, 0.25) is 0 Å². The Morgan fingerprint density at radius 1 is 1.17 bits per heavy atom. The van der Waals surface area contributed by atoms with E-state index in [1.807, 2.05) is 0 Å². The third kappa shape index (κ3) is 5.10. The summed E-state index contributed by atoms with van der Waals surface area (Å²) in [5.41, 5.74) is 2.57. The number of hydrogen-bond acceptors (Lipinski definition) is 4. The van der Waals surface area contributed by atoms with Gasteiger partial charge in [-0.25, -0.2) is 4.98 Å². The number of hydrogen-bond donors (Lipinski definition) is 1. The molecular weight excluding hydrogens is 409 g/mol. The van der Waals surface area contributed by atoms with E-state index >= 15 is 0 Å². The van der Waals surface area contributed by atoms with E-state index in [-0.39, 0.29) is 0 Å². The first-order chi connectivity index (χ1) is 14.1. The van der Waals surface area contributed by atoms with Gasteiger partial charge in [-0.2, -0.15) is 0 Å². The number of halogens is 2. The molecular formula is C22H19Cl2N3O2. The summed E-state index contributed by atoms with van der Waals surface area (Å²) >= 11 is 11.9. The molecule has 3 aromatic rings. The summed E-state index contributed by atoms with van der Waals surface area (Å²) in [6.45, 7) is 3.26. The predicted octanol–water partition coefficient (Wildman–Crippen LogP) is 4.76. The summed E-state index contributed by atoms with van der Waals surface area (Å²) < 4.78 is 5.81. The Labute approximate surface area is 179 Å². The maximum Gasteiger partial charge on any atom is 0.300 e. The quantitative estimate of drug-likeness (QED) is 0.609. The number of oxazole rings is 1. The van der Waals surface area contributed by atoms with Crippen LogP contribution in [0.15, 0.2) is 40.8 Å². The van der Waals surface area contributed by atoms with Gasteiger partial charge in [0.05, 0.1) is 5.02 Å². The van der Waals surface area contributed by atoms with Gasteiger partial charge in [0, 0.05) is 35.2 Å². The smallest absolute Gasteiger partial charge is 0.300 e. The second-order valence-corrected chi connectivity index (χ2v) is 7.76. The highest BCUT2D eigenvalue weighted by molar-refractivity contribution is 6.35. The lowest BCUT2D eigenvalue weighted by atomic mass is 10.2. The Bertz CT molecular complexity index is 1110. The molecule has 7 heteroatoms. The topological polar surface area (TPSA) is 58.4 Å². The number of nitrogens with one attached hydrogen (secondary N) is 1. The SMILES string of the molecule is O=C(C#Cc1ccc(Cl)cc1Cl)Nc1ccc2oc(CCN3CCCC3)nc2c1. The highest BCUT2D eigenvalue weighted by Crippen LogP contribution is 2.22. The summed E-state index contributed by atoms with van der Waals surface area (Å²) in [6.07, 6.45) is 3.32. The molecule has 0 unspecified atom stereocenters. The van der Waals surface area contributed by atoms with E-state index in [0.717, 1.165) is 26.1 Å². The number of benzene rings is 2. The summed E-state index contributed by atoms with van der Waals surface area (Å²) in [7, 11) is 0. The Kier molecular flexibility index (Phi) is 6.05. The average Bonchev–Trinajstić information content (AvgIpc) is 3.34. The molecule has 0 saturated carbocycles. The second kappa shape index (κ2) is 8.87. The van der Waals surface area contributed by atoms with Gasteiger partial charge in [0.15, 0.2) is 11.5 Å². The van der Waals surface area contributed by atoms with Gasteiger partial charge >= 0.3 is 5.91 Å². The number of fused-ring (bicyclic) bond motifs is 1. The number of amides is 1. The van der Waals surface area contributed by atoms with Crippen LogP contribution in [-0.4, -0.2) is 35.4 Å². The van der Waals surface area contributed by atoms with Crippen LogP contribution in [0.1, 0.15) is 24.3 Å². The summed E-state index contributed by atoms with van der Waals surface area (Å²) in [5.74, 6) is 5.57. The molecule has 0 aliphatic carbocycles. The Balaban J connectivity index is 1.41. The number of likely N-dealkylation sites (tertiary alicyclic amines) is 1. The van der Waals surface area contributed by atoms with Gasteiger partial charge in [-0.1, -0.05) is 29.1 Å². The zero-order chi connectivity index (χ0) is 20.2. The maximum absolute atomic E-state index is 12.2. The van der Waals surface area contributed by atoms with Crippen molar-refractivity contribution < 1.29 is 9.21 Å². The van der Waals surface area contributed by atoms with Crippen LogP contribution >= 0.6 is 23.2 Å². The van der Waals surface area contributed by atoms with Crippen molar-refractivity contribution in [3.05, 3.63) is 57.9 Å². The first-order valence-electron chi connectivity index (χ1n) is 9.47. The fourth-order valence-corrected chi connectivity index (χ4v) is 3.75. The highest BCUT2D eigenvalue weighted by atomic mass is 35.5. The Morgan fingerprint density at radius 2 is 2.00 bits per heavy atom. The monoisotopic (exact) mass is 427 g/mol. The molecule has 0 radical (unpaired) electrons. The normalized spacial score (nSPS) is 14.0. The number of aromatic nitrogens is 1. The highest BCUT2D eigenvalue weighted by Gasteiger charge is 2.13. The molecule has 29 heavy (non-hydrogen) atoms. The van der Waals surface area contributed by atoms with Gasteiger partial charge < -0.3 is 14.6 Å². The van der Waals surface area contributed by atoms with Crippen molar-refractivity contribution in [2.45, 2.75) is 19.3 Å². The first-order valence-corrected chi connectivity index (χ1v) is 10.2. The van der Waals surface area contributed by atoms with Crippen LogP contribution in [-0.2, 0) is 11.2 Å². The van der Waals surface area contributed by atoms with E-state index in [4.69, 9.17) is 27.6 Å². The van der Waals surface area contributed by atoms with E-state index in [2.05, 4.69) is 27.0 Å². The first kappa shape index (κ1) is 19.8. The molecule has 1 aliphatic heterocycles. The van der Waals surface area contributed by atoms with Crippen LogP contribution in [0.4, 0.5) is 5.69 Å². The Morgan fingerprint density at radius 3 is 2.79 bits per heavy atom. The minimum absolute atomic E-state index is 0.406. The standard InChI is InChI=1S/C22H19Cl2N3O2/c23-16-5-3-15(18(24)13-16)4-8-21(28)25-17-6-7-20-19(14-17)26-22(29-20)9-12-27-10-1-2-11-27/h3,5-7,13-14H,1-2,9-12H2,(H,25,28). The van der Waals surface area contributed by atoms with Gasteiger partial charge in [0.25, 0.3) is 0 Å². The summed E-state index contributed by atoms with van der Waals surface area (Å²) in [6, 6.07) is 10.3. The van der Waals surface area contributed by atoms with Gasteiger partial charge in [0.1, 0.15) is 5.52 Å².